The van der Waals surface area contributed by atoms with Crippen LogP contribution in [0.4, 0.5) is 0 Å². The number of hydrogen-bond donors (Lipinski definition) is 1. The Bertz CT molecular complexity index is 430. The summed E-state index contributed by atoms with van der Waals surface area (Å²) in [7, 11) is 0. The molecule has 0 aromatic heterocycles. The van der Waals surface area contributed by atoms with Gasteiger partial charge in [-0.3, -0.25) is 0 Å². The molecule has 0 atom stereocenters. The van der Waals surface area contributed by atoms with Crippen molar-refractivity contribution in [1.82, 2.24) is 0 Å². The van der Waals surface area contributed by atoms with Gasteiger partial charge in [-0.1, -0.05) is 58.1 Å². The molecule has 0 amide bonds. The molecule has 2 heteroatoms. The van der Waals surface area contributed by atoms with E-state index < -0.39 is 0 Å². The normalized spacial score (nSPS) is 16.6. The third kappa shape index (κ3) is 7.39. The Morgan fingerprint density at radius 2 is 1.70 bits per heavy atom. The zero-order chi connectivity index (χ0) is 16.5. The van der Waals surface area contributed by atoms with Crippen molar-refractivity contribution < 1.29 is 9.84 Å². The minimum Gasteiger partial charge on any atom is -0.508 e. The maximum Gasteiger partial charge on any atom is 0.115 e. The Morgan fingerprint density at radius 3 is 2.39 bits per heavy atom. The van der Waals surface area contributed by atoms with Crippen molar-refractivity contribution >= 4 is 0 Å². The van der Waals surface area contributed by atoms with Gasteiger partial charge in [-0.25, -0.2) is 0 Å². The highest BCUT2D eigenvalue weighted by Gasteiger charge is 2.18. The van der Waals surface area contributed by atoms with Gasteiger partial charge < -0.3 is 9.84 Å². The molecule has 1 aliphatic rings. The number of ether oxygens (including phenoxy) is 1. The van der Waals surface area contributed by atoms with Gasteiger partial charge in [0.05, 0.1) is 6.10 Å². The lowest BCUT2D eigenvalue weighted by Crippen LogP contribution is -2.17. The van der Waals surface area contributed by atoms with E-state index in [2.05, 4.69) is 13.8 Å². The van der Waals surface area contributed by atoms with Crippen molar-refractivity contribution in [2.45, 2.75) is 84.2 Å². The summed E-state index contributed by atoms with van der Waals surface area (Å²) in [4.78, 5) is 0. The molecular formula is C21H34O2. The van der Waals surface area contributed by atoms with E-state index in [-0.39, 0.29) is 0 Å². The molecule has 0 unspecified atom stereocenters. The fourth-order valence-electron chi connectivity index (χ4n) is 3.62. The second-order valence-electron chi connectivity index (χ2n) is 7.95. The van der Waals surface area contributed by atoms with E-state index in [9.17, 15) is 5.11 Å². The third-order valence-electron chi connectivity index (χ3n) is 5.02. The highest BCUT2D eigenvalue weighted by Crippen LogP contribution is 2.29. The van der Waals surface area contributed by atoms with Crippen molar-refractivity contribution in [2.75, 3.05) is 6.61 Å². The van der Waals surface area contributed by atoms with Gasteiger partial charge in [-0.2, -0.15) is 0 Å². The Balaban J connectivity index is 1.56. The first-order valence-corrected chi connectivity index (χ1v) is 9.45. The lowest BCUT2D eigenvalue weighted by molar-refractivity contribution is 0.0260. The van der Waals surface area contributed by atoms with Crippen molar-refractivity contribution in [2.24, 2.45) is 5.41 Å². The molecule has 1 N–H and O–H groups in total. The average Bonchev–Trinajstić information content (AvgIpc) is 2.54. The van der Waals surface area contributed by atoms with Gasteiger partial charge in [-0.05, 0) is 55.2 Å². The molecule has 1 aliphatic carbocycles. The molecule has 1 fully saturated rings. The summed E-state index contributed by atoms with van der Waals surface area (Å²) in [6.07, 6.45) is 13.3. The molecule has 0 aliphatic heterocycles. The van der Waals surface area contributed by atoms with E-state index in [0.717, 1.165) is 13.0 Å². The second-order valence-corrected chi connectivity index (χ2v) is 7.95. The smallest absolute Gasteiger partial charge is 0.115 e. The molecule has 0 saturated heterocycles. The summed E-state index contributed by atoms with van der Waals surface area (Å²) in [6, 6.07) is 7.65. The van der Waals surface area contributed by atoms with E-state index in [4.69, 9.17) is 4.74 Å². The molecule has 0 radical (unpaired) electrons. The molecule has 130 valence electrons. The predicted molar refractivity (Wildman–Crippen MR) is 96.9 cm³/mol. The first-order chi connectivity index (χ1) is 11.1. The maximum atomic E-state index is 9.36. The van der Waals surface area contributed by atoms with Gasteiger partial charge in [0.2, 0.25) is 0 Å². The Labute approximate surface area is 142 Å². The van der Waals surface area contributed by atoms with Crippen molar-refractivity contribution in [3.8, 4) is 5.75 Å². The summed E-state index contributed by atoms with van der Waals surface area (Å²) in [5.41, 5.74) is 1.63. The molecular weight excluding hydrogens is 284 g/mol. The maximum absolute atomic E-state index is 9.36. The summed E-state index contributed by atoms with van der Waals surface area (Å²) < 4.78 is 6.00. The molecule has 0 heterocycles. The van der Waals surface area contributed by atoms with Gasteiger partial charge in [0.15, 0.2) is 0 Å². The number of phenolic OH excluding ortho intramolecular Hbond substituents is 1. The predicted octanol–water partition coefficient (Wildman–Crippen LogP) is 5.87. The van der Waals surface area contributed by atoms with Crippen LogP contribution in [0.15, 0.2) is 24.3 Å². The quantitative estimate of drug-likeness (QED) is 0.577. The van der Waals surface area contributed by atoms with Crippen LogP contribution >= 0.6 is 0 Å². The first-order valence-electron chi connectivity index (χ1n) is 9.45. The van der Waals surface area contributed by atoms with E-state index in [0.29, 0.717) is 17.3 Å². The average molecular weight is 319 g/mol. The highest BCUT2D eigenvalue weighted by molar-refractivity contribution is 5.26. The summed E-state index contributed by atoms with van der Waals surface area (Å²) in [5.74, 6) is 0.351. The van der Waals surface area contributed by atoms with Crippen LogP contribution in [0.25, 0.3) is 0 Å². The SMILES string of the molecule is CC(C)(CCCCCOC1CCCCC1)Cc1ccc(O)cc1. The fraction of sp³-hybridized carbons (Fsp3) is 0.714. The van der Waals surface area contributed by atoms with Crippen LogP contribution in [0, 0.1) is 5.41 Å². The van der Waals surface area contributed by atoms with Crippen LogP contribution in [0.5, 0.6) is 5.75 Å². The molecule has 1 aromatic carbocycles. The Morgan fingerprint density at radius 1 is 1.00 bits per heavy atom. The number of phenols is 1. The van der Waals surface area contributed by atoms with Crippen LogP contribution in [0.1, 0.15) is 77.2 Å². The van der Waals surface area contributed by atoms with E-state index in [1.807, 2.05) is 12.1 Å². The summed E-state index contributed by atoms with van der Waals surface area (Å²) in [5, 5.41) is 9.36. The van der Waals surface area contributed by atoms with Crippen LogP contribution in [0.2, 0.25) is 0 Å². The molecule has 0 bridgehead atoms. The van der Waals surface area contributed by atoms with Gasteiger partial charge >= 0.3 is 0 Å². The van der Waals surface area contributed by atoms with E-state index in [1.165, 1.54) is 63.4 Å². The number of hydrogen-bond acceptors (Lipinski definition) is 2. The molecule has 1 aromatic rings. The number of benzene rings is 1. The van der Waals surface area contributed by atoms with Crippen LogP contribution < -0.4 is 0 Å². The van der Waals surface area contributed by atoms with Crippen LogP contribution in [-0.2, 0) is 11.2 Å². The topological polar surface area (TPSA) is 29.5 Å². The standard InChI is InChI=1S/C21H34O2/c1-21(2,17-18-11-13-19(22)14-12-18)15-7-4-8-16-23-20-9-5-3-6-10-20/h11-14,20,22H,3-10,15-17H2,1-2H3. The molecule has 0 spiro atoms. The highest BCUT2D eigenvalue weighted by atomic mass is 16.5. The summed E-state index contributed by atoms with van der Waals surface area (Å²) >= 11 is 0. The van der Waals surface area contributed by atoms with E-state index in [1.54, 1.807) is 12.1 Å². The van der Waals surface area contributed by atoms with Crippen molar-refractivity contribution in [3.05, 3.63) is 29.8 Å². The molecule has 1 saturated carbocycles. The van der Waals surface area contributed by atoms with E-state index >= 15 is 0 Å². The minimum atomic E-state index is 0.321. The van der Waals surface area contributed by atoms with Crippen LogP contribution in [-0.4, -0.2) is 17.8 Å². The number of aromatic hydroxyl groups is 1. The van der Waals surface area contributed by atoms with Gasteiger partial charge in [-0.15, -0.1) is 0 Å². The monoisotopic (exact) mass is 318 g/mol. The molecule has 2 rings (SSSR count). The lowest BCUT2D eigenvalue weighted by atomic mass is 9.81. The number of unbranched alkanes of at least 4 members (excludes halogenated alkanes) is 2. The minimum absolute atomic E-state index is 0.321. The van der Waals surface area contributed by atoms with Gasteiger partial charge in [0.25, 0.3) is 0 Å². The largest absolute Gasteiger partial charge is 0.508 e. The molecule has 2 nitrogen and oxygen atoms in total. The van der Waals surface area contributed by atoms with Gasteiger partial charge in [0.1, 0.15) is 5.75 Å². The fourth-order valence-corrected chi connectivity index (χ4v) is 3.62. The summed E-state index contributed by atoms with van der Waals surface area (Å²) in [6.45, 7) is 5.64. The Kier molecular flexibility index (Phi) is 7.42. The molecule has 23 heavy (non-hydrogen) atoms. The third-order valence-corrected chi connectivity index (χ3v) is 5.02. The number of rotatable bonds is 9. The zero-order valence-corrected chi connectivity index (χ0v) is 15.0. The van der Waals surface area contributed by atoms with Crippen molar-refractivity contribution in [1.29, 1.82) is 0 Å². The zero-order valence-electron chi connectivity index (χ0n) is 15.0. The lowest BCUT2D eigenvalue weighted by Gasteiger charge is -2.25. The second kappa shape index (κ2) is 9.32. The van der Waals surface area contributed by atoms with Crippen LogP contribution in [0.3, 0.4) is 0 Å². The van der Waals surface area contributed by atoms with Crippen molar-refractivity contribution in [3.63, 3.8) is 0 Å². The van der Waals surface area contributed by atoms with Gasteiger partial charge in [0, 0.05) is 6.61 Å². The first kappa shape index (κ1) is 18.3. The Hall–Kier alpha value is -1.02.